The van der Waals surface area contributed by atoms with Crippen LogP contribution in [0.4, 0.5) is 17.1 Å². The molecule has 0 bridgehead atoms. The molecule has 4 heterocycles. The van der Waals surface area contributed by atoms with Crippen molar-refractivity contribution in [2.45, 2.75) is 19.6 Å². The Morgan fingerprint density at radius 2 is 0.869 bits per heavy atom. The molecule has 4 aliphatic heterocycles. The van der Waals surface area contributed by atoms with Crippen molar-refractivity contribution in [3.8, 4) is 45.3 Å². The largest absolute Gasteiger partial charge is 0.458 e. The first-order valence-corrected chi connectivity index (χ1v) is 22.3. The molecule has 0 amide bonds. The lowest BCUT2D eigenvalue weighted by Crippen LogP contribution is -2.62. The van der Waals surface area contributed by atoms with Crippen LogP contribution in [-0.4, -0.2) is 13.4 Å². The predicted molar refractivity (Wildman–Crippen MR) is 255 cm³/mol. The molecule has 0 fully saturated rings. The van der Waals surface area contributed by atoms with Crippen molar-refractivity contribution in [3.05, 3.63) is 200 Å². The van der Waals surface area contributed by atoms with Gasteiger partial charge in [0.25, 0.3) is 6.71 Å². The maximum Gasteiger partial charge on any atom is 0.260 e. The van der Waals surface area contributed by atoms with Gasteiger partial charge in [0.1, 0.15) is 23.0 Å². The van der Waals surface area contributed by atoms with E-state index < -0.39 is 0 Å². The molecule has 4 aliphatic rings. The Kier molecular flexibility index (Phi) is 7.97. The number of hydrogen-bond donors (Lipinski definition) is 0. The van der Waals surface area contributed by atoms with Gasteiger partial charge in [0, 0.05) is 42.1 Å². The summed E-state index contributed by atoms with van der Waals surface area (Å²) in [7, 11) is 0. The number of ether oxygens (including phenoxy) is 2. The van der Waals surface area contributed by atoms with Gasteiger partial charge < -0.3 is 14.4 Å². The van der Waals surface area contributed by atoms with E-state index in [4.69, 9.17) is 9.47 Å². The zero-order valence-electron chi connectivity index (χ0n) is 32.8. The van der Waals surface area contributed by atoms with Gasteiger partial charge in [-0.2, -0.15) is 0 Å². The van der Waals surface area contributed by atoms with Crippen LogP contribution in [0.2, 0.25) is 0 Å². The molecule has 0 saturated heterocycles. The fourth-order valence-electron chi connectivity index (χ4n) is 9.86. The van der Waals surface area contributed by atoms with Crippen LogP contribution >= 0.6 is 23.5 Å². The molecule has 61 heavy (non-hydrogen) atoms. The minimum atomic E-state index is -0.0471. The van der Waals surface area contributed by atoms with Crippen molar-refractivity contribution in [1.29, 1.82) is 0 Å². The van der Waals surface area contributed by atoms with Gasteiger partial charge in [-0.15, -0.1) is 0 Å². The van der Waals surface area contributed by atoms with Crippen molar-refractivity contribution >= 4 is 86.8 Å². The van der Waals surface area contributed by atoms with E-state index >= 15 is 0 Å². The summed E-state index contributed by atoms with van der Waals surface area (Å²) < 4.78 is 14.0. The second-order valence-electron chi connectivity index (χ2n) is 15.9. The highest BCUT2D eigenvalue weighted by Gasteiger charge is 2.44. The van der Waals surface area contributed by atoms with Crippen molar-refractivity contribution in [3.63, 3.8) is 0 Å². The predicted octanol–water partition coefficient (Wildman–Crippen LogP) is 10.7. The summed E-state index contributed by atoms with van der Waals surface area (Å²) in [6, 6.07) is 72.2. The molecule has 0 aromatic heterocycles. The van der Waals surface area contributed by atoms with Gasteiger partial charge in [-0.05, 0) is 105 Å². The third-order valence-electron chi connectivity index (χ3n) is 12.5. The molecule has 13 rings (SSSR count). The molecule has 0 saturated carbocycles. The lowest BCUT2D eigenvalue weighted by Gasteiger charge is -2.37. The molecule has 9 aromatic rings. The Morgan fingerprint density at radius 1 is 0.328 bits per heavy atom. The van der Waals surface area contributed by atoms with Crippen LogP contribution in [0.3, 0.4) is 0 Å². The summed E-state index contributed by atoms with van der Waals surface area (Å²) >= 11 is 3.76. The normalized spacial score (nSPS) is 13.3. The van der Waals surface area contributed by atoms with Crippen LogP contribution < -0.4 is 47.2 Å². The van der Waals surface area contributed by atoms with Gasteiger partial charge in [-0.3, -0.25) is 0 Å². The van der Waals surface area contributed by atoms with E-state index in [-0.39, 0.29) is 13.4 Å². The Morgan fingerprint density at radius 3 is 1.57 bits per heavy atom. The van der Waals surface area contributed by atoms with Crippen molar-refractivity contribution < 1.29 is 9.47 Å². The number of para-hydroxylation sites is 3. The molecule has 0 N–H and O–H groups in total. The Bertz CT molecular complexity index is 3190. The molecule has 284 valence electrons. The Labute approximate surface area is 364 Å². The lowest BCUT2D eigenvalue weighted by molar-refractivity contribution is 0.464. The van der Waals surface area contributed by atoms with Gasteiger partial charge >= 0.3 is 0 Å². The van der Waals surface area contributed by atoms with E-state index in [0.717, 1.165) is 62.1 Å². The van der Waals surface area contributed by atoms with E-state index in [1.807, 2.05) is 23.5 Å². The van der Waals surface area contributed by atoms with Crippen LogP contribution in [-0.2, 0) is 0 Å². The quantitative estimate of drug-likeness (QED) is 0.161. The summed E-state index contributed by atoms with van der Waals surface area (Å²) in [5.41, 5.74) is 15.4. The second kappa shape index (κ2) is 13.9. The summed E-state index contributed by atoms with van der Waals surface area (Å²) in [5, 5.41) is 0. The zero-order valence-corrected chi connectivity index (χ0v) is 34.4. The van der Waals surface area contributed by atoms with E-state index in [2.05, 4.69) is 205 Å². The van der Waals surface area contributed by atoms with Crippen molar-refractivity contribution in [2.75, 3.05) is 4.90 Å². The van der Waals surface area contributed by atoms with Gasteiger partial charge in [0.15, 0.2) is 0 Å². The van der Waals surface area contributed by atoms with Crippen LogP contribution in [0.5, 0.6) is 23.0 Å². The summed E-state index contributed by atoms with van der Waals surface area (Å²) in [4.78, 5) is 7.48. The fourth-order valence-corrected chi connectivity index (χ4v) is 12.3. The van der Waals surface area contributed by atoms with Gasteiger partial charge in [0.05, 0.1) is 0 Å². The van der Waals surface area contributed by atoms with Crippen LogP contribution in [0.1, 0.15) is 0 Å². The van der Waals surface area contributed by atoms with E-state index in [1.165, 1.54) is 52.6 Å². The molecular weight excluding hydrogens is 780 g/mol. The highest BCUT2D eigenvalue weighted by Crippen LogP contribution is 2.46. The SMILES string of the molecule is c1ccc(-c2ccccc2-c2cc3c4c(c2)Oc2cc5c(cc2B4c2ccccc2O3)B2c3ccccc3Sc3cc(N(c4ccccc4)c4ccccc4)cc(c32)S5)cc1. The first kappa shape index (κ1) is 35.0. The minimum absolute atomic E-state index is 0.0471. The number of rotatable bonds is 5. The average molecular weight is 814 g/mol. The second-order valence-corrected chi connectivity index (χ2v) is 18.1. The van der Waals surface area contributed by atoms with Crippen molar-refractivity contribution in [1.82, 2.24) is 0 Å². The third kappa shape index (κ3) is 5.57. The monoisotopic (exact) mass is 813 g/mol. The molecule has 0 radical (unpaired) electrons. The first-order valence-electron chi connectivity index (χ1n) is 20.7. The lowest BCUT2D eigenvalue weighted by atomic mass is 9.32. The smallest absolute Gasteiger partial charge is 0.260 e. The number of fused-ring (bicyclic) bond motifs is 8. The molecular formula is C54H33B2NO2S2. The molecule has 0 spiro atoms. The van der Waals surface area contributed by atoms with E-state index in [1.54, 1.807) is 0 Å². The molecule has 9 aromatic carbocycles. The summed E-state index contributed by atoms with van der Waals surface area (Å²) in [6.45, 7) is 0.0296. The molecule has 3 nitrogen and oxygen atoms in total. The topological polar surface area (TPSA) is 21.7 Å². The molecule has 0 unspecified atom stereocenters. The molecule has 7 heteroatoms. The third-order valence-corrected chi connectivity index (χ3v) is 14.8. The van der Waals surface area contributed by atoms with Gasteiger partial charge in [-0.1, -0.05) is 168 Å². The van der Waals surface area contributed by atoms with Gasteiger partial charge in [-0.25, -0.2) is 0 Å². The first-order chi connectivity index (χ1) is 30.2. The maximum absolute atomic E-state index is 7.15. The minimum Gasteiger partial charge on any atom is -0.458 e. The highest BCUT2D eigenvalue weighted by atomic mass is 32.2. The van der Waals surface area contributed by atoms with Crippen LogP contribution in [0, 0.1) is 0 Å². The number of benzene rings is 9. The van der Waals surface area contributed by atoms with E-state index in [0.29, 0.717) is 0 Å². The standard InChI is InChI=1S/C54H33B2NO2S2/c1-4-16-34(17-5-1)39-22-10-11-23-40(39)35-28-47-53-48(29-35)59-46-33-50-44(32-43(46)55(53)41-24-12-14-26-45(41)58-47)56-42-25-13-15-27-49(42)60-51-30-38(31-52(61-50)54(51)56)57(36-18-6-2-7-19-36)37-20-8-3-9-21-37/h1-33H. The number of hydrogen-bond acceptors (Lipinski definition) is 5. The van der Waals surface area contributed by atoms with Crippen LogP contribution in [0.25, 0.3) is 22.3 Å². The number of anilines is 3. The van der Waals surface area contributed by atoms with Gasteiger partial charge in [0.2, 0.25) is 6.71 Å². The zero-order chi connectivity index (χ0) is 40.0. The molecule has 0 atom stereocenters. The van der Waals surface area contributed by atoms with Crippen LogP contribution in [0.15, 0.2) is 220 Å². The molecule has 0 aliphatic carbocycles. The summed E-state index contributed by atoms with van der Waals surface area (Å²) in [6.07, 6.45) is 0. The van der Waals surface area contributed by atoms with Crippen molar-refractivity contribution in [2.24, 2.45) is 0 Å². The maximum atomic E-state index is 7.15. The average Bonchev–Trinajstić information content (AvgIpc) is 3.31. The number of nitrogens with zero attached hydrogens (tertiary/aromatic N) is 1. The Hall–Kier alpha value is -6.79. The fraction of sp³-hybridized carbons (Fsp3) is 0. The summed E-state index contributed by atoms with van der Waals surface area (Å²) in [5.74, 6) is 3.47. The van der Waals surface area contributed by atoms with E-state index in [9.17, 15) is 0 Å². The highest BCUT2D eigenvalue weighted by molar-refractivity contribution is 8.01. The Balaban J connectivity index is 0.996.